The van der Waals surface area contributed by atoms with Gasteiger partial charge in [-0.1, -0.05) is 0 Å². The van der Waals surface area contributed by atoms with Gasteiger partial charge >= 0.3 is 0 Å². The number of halogens is 1. The van der Waals surface area contributed by atoms with E-state index in [-0.39, 0.29) is 12.2 Å². The molecule has 27 heavy (non-hydrogen) atoms. The van der Waals surface area contributed by atoms with E-state index in [0.29, 0.717) is 43.2 Å². The molecular weight excluding hydrogens is 345 g/mol. The molecule has 6 unspecified atom stereocenters. The molecule has 0 amide bonds. The number of nitrogens with zero attached hydrogens (tertiary/aromatic N) is 2. The van der Waals surface area contributed by atoms with Gasteiger partial charge in [0.25, 0.3) is 0 Å². The summed E-state index contributed by atoms with van der Waals surface area (Å²) in [6.45, 7) is 6.37. The van der Waals surface area contributed by atoms with Crippen molar-refractivity contribution >= 4 is 0 Å². The standard InChI is InChI=1S/C20H36FN5O/c1-13-6-8-22-16-12-23-26-10-7-19(24-20(16)26)25-9-2-3-17(25)15-11-14(21)4-5-18(15)27-13/h13-20,22-24H,2-12H2,1H3/t13-,14?,15?,16?,17-,18?,19?,20?/m0/s1. The number of hydrogen-bond acceptors (Lipinski definition) is 6. The monoisotopic (exact) mass is 381 g/mol. The van der Waals surface area contributed by atoms with Gasteiger partial charge < -0.3 is 10.1 Å². The summed E-state index contributed by atoms with van der Waals surface area (Å²) in [6, 6.07) is 0.894. The van der Waals surface area contributed by atoms with Crippen LogP contribution >= 0.6 is 0 Å². The Morgan fingerprint density at radius 1 is 1.07 bits per heavy atom. The zero-order valence-corrected chi connectivity index (χ0v) is 16.6. The van der Waals surface area contributed by atoms with E-state index in [1.54, 1.807) is 0 Å². The van der Waals surface area contributed by atoms with E-state index in [1.165, 1.54) is 12.8 Å². The topological polar surface area (TPSA) is 51.8 Å². The average Bonchev–Trinajstić information content (AvgIpc) is 3.29. The molecule has 0 aromatic carbocycles. The third-order valence-electron chi connectivity index (χ3n) is 7.61. The van der Waals surface area contributed by atoms with Gasteiger partial charge in [-0.05, 0) is 65.0 Å². The summed E-state index contributed by atoms with van der Waals surface area (Å²) >= 11 is 0. The van der Waals surface area contributed by atoms with Crippen molar-refractivity contribution in [3.8, 4) is 0 Å². The Balaban J connectivity index is 1.41. The molecule has 0 aromatic rings. The minimum absolute atomic E-state index is 0.222. The van der Waals surface area contributed by atoms with E-state index in [2.05, 4.69) is 32.9 Å². The largest absolute Gasteiger partial charge is 0.375 e. The molecule has 0 spiro atoms. The van der Waals surface area contributed by atoms with E-state index < -0.39 is 6.17 Å². The molecule has 1 saturated carbocycles. The minimum atomic E-state index is -0.650. The minimum Gasteiger partial charge on any atom is -0.375 e. The van der Waals surface area contributed by atoms with E-state index in [4.69, 9.17) is 4.74 Å². The van der Waals surface area contributed by atoms with Gasteiger partial charge in [0.05, 0.1) is 30.6 Å². The summed E-state index contributed by atoms with van der Waals surface area (Å²) in [7, 11) is 0. The summed E-state index contributed by atoms with van der Waals surface area (Å²) in [4.78, 5) is 2.67. The van der Waals surface area contributed by atoms with Crippen molar-refractivity contribution in [3.05, 3.63) is 0 Å². The Morgan fingerprint density at radius 3 is 2.93 bits per heavy atom. The van der Waals surface area contributed by atoms with Crippen molar-refractivity contribution in [2.75, 3.05) is 26.2 Å². The zero-order valence-electron chi connectivity index (χ0n) is 16.6. The molecular formula is C20H36FN5O. The molecule has 7 heteroatoms. The van der Waals surface area contributed by atoms with Gasteiger partial charge in [0.1, 0.15) is 6.17 Å². The summed E-state index contributed by atoms with van der Waals surface area (Å²) in [5.41, 5.74) is 3.56. The van der Waals surface area contributed by atoms with Gasteiger partial charge in [-0.25, -0.2) is 9.40 Å². The fourth-order valence-corrected chi connectivity index (χ4v) is 6.25. The zero-order chi connectivity index (χ0) is 18.4. The van der Waals surface area contributed by atoms with Crippen LogP contribution in [0.25, 0.3) is 0 Å². The molecule has 154 valence electrons. The molecule has 2 bridgehead atoms. The quantitative estimate of drug-likeness (QED) is 0.586. The summed E-state index contributed by atoms with van der Waals surface area (Å²) in [5.74, 6) is 0.338. The van der Waals surface area contributed by atoms with Crippen LogP contribution in [-0.4, -0.2) is 78.9 Å². The van der Waals surface area contributed by atoms with Crippen molar-refractivity contribution in [1.29, 1.82) is 0 Å². The maximum Gasteiger partial charge on any atom is 0.101 e. The normalized spacial score (nSPS) is 49.6. The number of nitrogens with one attached hydrogen (secondary N) is 3. The molecule has 4 heterocycles. The highest BCUT2D eigenvalue weighted by atomic mass is 19.1. The molecule has 5 fully saturated rings. The maximum atomic E-state index is 14.4. The Kier molecular flexibility index (Phi) is 5.43. The summed E-state index contributed by atoms with van der Waals surface area (Å²) < 4.78 is 20.9. The van der Waals surface area contributed by atoms with Gasteiger partial charge in [0.2, 0.25) is 0 Å². The number of hydrogen-bond donors (Lipinski definition) is 3. The fraction of sp³-hybridized carbons (Fsp3) is 1.00. The van der Waals surface area contributed by atoms with Crippen LogP contribution < -0.4 is 16.1 Å². The number of alkyl halides is 1. The highest BCUT2D eigenvalue weighted by molar-refractivity contribution is 4.99. The fourth-order valence-electron chi connectivity index (χ4n) is 6.25. The molecule has 0 aromatic heterocycles. The highest BCUT2D eigenvalue weighted by Crippen LogP contribution is 2.39. The van der Waals surface area contributed by atoms with Crippen LogP contribution in [-0.2, 0) is 4.74 Å². The average molecular weight is 382 g/mol. The third kappa shape index (κ3) is 3.67. The maximum absolute atomic E-state index is 14.4. The van der Waals surface area contributed by atoms with Crippen molar-refractivity contribution in [2.45, 2.75) is 94.7 Å². The molecule has 5 rings (SSSR count). The predicted molar refractivity (Wildman–Crippen MR) is 103 cm³/mol. The smallest absolute Gasteiger partial charge is 0.101 e. The lowest BCUT2D eigenvalue weighted by molar-refractivity contribution is -0.0919. The van der Waals surface area contributed by atoms with Crippen LogP contribution in [0.1, 0.15) is 51.9 Å². The molecule has 1 aliphatic carbocycles. The van der Waals surface area contributed by atoms with Crippen molar-refractivity contribution in [1.82, 2.24) is 26.0 Å². The lowest BCUT2D eigenvalue weighted by Gasteiger charge is -2.46. The highest BCUT2D eigenvalue weighted by Gasteiger charge is 2.46. The van der Waals surface area contributed by atoms with Crippen LogP contribution in [0.2, 0.25) is 0 Å². The van der Waals surface area contributed by atoms with Crippen LogP contribution in [0.4, 0.5) is 4.39 Å². The van der Waals surface area contributed by atoms with Gasteiger partial charge in [-0.3, -0.25) is 15.6 Å². The number of rotatable bonds is 0. The lowest BCUT2D eigenvalue weighted by atomic mass is 9.79. The van der Waals surface area contributed by atoms with Gasteiger partial charge in [0.15, 0.2) is 0 Å². The lowest BCUT2D eigenvalue weighted by Crippen LogP contribution is -2.65. The van der Waals surface area contributed by atoms with Gasteiger partial charge in [-0.15, -0.1) is 0 Å². The van der Waals surface area contributed by atoms with Crippen LogP contribution in [0.15, 0.2) is 0 Å². The second kappa shape index (κ2) is 7.84. The molecule has 6 nitrogen and oxygen atoms in total. The molecule has 5 aliphatic rings. The first-order valence-corrected chi connectivity index (χ1v) is 11.2. The first kappa shape index (κ1) is 18.7. The van der Waals surface area contributed by atoms with Crippen LogP contribution in [0, 0.1) is 5.92 Å². The summed E-state index contributed by atoms with van der Waals surface area (Å²) in [5, 5.41) is 10.1. The SMILES string of the molecule is C[C@H]1CCNC2CNN3CCC(NC23)N2CCC[C@H]2C2CC(F)CCC2O1. The van der Waals surface area contributed by atoms with E-state index in [1.807, 2.05) is 0 Å². The van der Waals surface area contributed by atoms with Crippen molar-refractivity contribution in [3.63, 3.8) is 0 Å². The third-order valence-corrected chi connectivity index (χ3v) is 7.61. The molecule has 4 aliphatic heterocycles. The second-order valence-corrected chi connectivity index (χ2v) is 9.33. The van der Waals surface area contributed by atoms with E-state index in [0.717, 1.165) is 45.4 Å². The van der Waals surface area contributed by atoms with Gasteiger partial charge in [-0.2, -0.15) is 0 Å². The molecule has 3 N–H and O–H groups in total. The Hall–Kier alpha value is -0.310. The predicted octanol–water partition coefficient (Wildman–Crippen LogP) is 1.19. The number of fused-ring (bicyclic) bond motifs is 5. The molecule has 0 radical (unpaired) electrons. The Bertz CT molecular complexity index is 525. The Morgan fingerprint density at radius 2 is 2.00 bits per heavy atom. The van der Waals surface area contributed by atoms with Crippen LogP contribution in [0.3, 0.4) is 0 Å². The van der Waals surface area contributed by atoms with E-state index in [9.17, 15) is 4.39 Å². The second-order valence-electron chi connectivity index (χ2n) is 9.33. The first-order chi connectivity index (χ1) is 13.2. The summed E-state index contributed by atoms with van der Waals surface area (Å²) in [6.07, 6.45) is 7.36. The number of ether oxygens (including phenoxy) is 1. The molecule has 4 saturated heterocycles. The first-order valence-electron chi connectivity index (χ1n) is 11.2. The van der Waals surface area contributed by atoms with E-state index >= 15 is 0 Å². The number of hydrazine groups is 1. The molecule has 8 atom stereocenters. The van der Waals surface area contributed by atoms with Crippen LogP contribution in [0.5, 0.6) is 0 Å². The Labute approximate surface area is 162 Å². The van der Waals surface area contributed by atoms with Crippen molar-refractivity contribution in [2.24, 2.45) is 5.92 Å². The van der Waals surface area contributed by atoms with Gasteiger partial charge in [0, 0.05) is 25.0 Å². The van der Waals surface area contributed by atoms with Crippen molar-refractivity contribution < 1.29 is 9.13 Å².